The van der Waals surface area contributed by atoms with Crippen LogP contribution in [0.2, 0.25) is 0 Å². The highest BCUT2D eigenvalue weighted by Gasteiger charge is 2.08. The Hall–Kier alpha value is -2.20. The van der Waals surface area contributed by atoms with Crippen molar-refractivity contribution in [2.75, 3.05) is 12.4 Å². The van der Waals surface area contributed by atoms with Crippen LogP contribution in [0, 0.1) is 5.82 Å². The third kappa shape index (κ3) is 4.39. The van der Waals surface area contributed by atoms with Crippen molar-refractivity contribution in [3.05, 3.63) is 65.5 Å². The Morgan fingerprint density at radius 1 is 1.10 bits per heavy atom. The molecule has 0 saturated heterocycles. The van der Waals surface area contributed by atoms with E-state index in [9.17, 15) is 9.18 Å². The molecule has 1 amide bonds. The number of halogens is 1. The van der Waals surface area contributed by atoms with Crippen molar-refractivity contribution in [3.8, 4) is 0 Å². The summed E-state index contributed by atoms with van der Waals surface area (Å²) in [5, 5.41) is 2.84. The maximum Gasteiger partial charge on any atom is 0.224 e. The van der Waals surface area contributed by atoms with Crippen molar-refractivity contribution in [3.63, 3.8) is 0 Å². The molecule has 0 aliphatic carbocycles. The molecule has 0 radical (unpaired) electrons. The molecule has 0 aromatic heterocycles. The summed E-state index contributed by atoms with van der Waals surface area (Å²) in [4.78, 5) is 12.0. The summed E-state index contributed by atoms with van der Waals surface area (Å²) in [6, 6.07) is 14.0. The largest absolute Gasteiger partial charge is 0.380 e. The summed E-state index contributed by atoms with van der Waals surface area (Å²) in [6.07, 6.45) is 0.618. The Labute approximate surface area is 123 Å². The average Bonchev–Trinajstić information content (AvgIpc) is 2.49. The number of ether oxygens (including phenoxy) is 1. The number of benzene rings is 2. The smallest absolute Gasteiger partial charge is 0.224 e. The second kappa shape index (κ2) is 7.55. The average molecular weight is 287 g/mol. The zero-order valence-corrected chi connectivity index (χ0v) is 11.9. The highest BCUT2D eigenvalue weighted by molar-refractivity contribution is 5.91. The number of nitrogens with one attached hydrogen (secondary N) is 1. The van der Waals surface area contributed by atoms with E-state index in [1.807, 2.05) is 24.3 Å². The SMILES string of the molecule is COCc1ccccc1NC(=O)CCc1ccccc1F. The van der Waals surface area contributed by atoms with Gasteiger partial charge in [0.15, 0.2) is 0 Å². The first kappa shape index (κ1) is 15.2. The molecular formula is C17H18FNO2. The standard InChI is InChI=1S/C17H18FNO2/c1-21-12-14-7-3-5-9-16(14)19-17(20)11-10-13-6-2-4-8-15(13)18/h2-9H,10-12H2,1H3,(H,19,20). The molecular weight excluding hydrogens is 269 g/mol. The molecule has 2 aromatic carbocycles. The Balaban J connectivity index is 1.95. The van der Waals surface area contributed by atoms with Crippen molar-refractivity contribution < 1.29 is 13.9 Å². The second-order valence-corrected chi connectivity index (χ2v) is 4.73. The van der Waals surface area contributed by atoms with Crippen LogP contribution in [0.4, 0.5) is 10.1 Å². The summed E-state index contributed by atoms with van der Waals surface area (Å²) in [6.45, 7) is 0.434. The van der Waals surface area contributed by atoms with E-state index >= 15 is 0 Å². The molecule has 0 bridgehead atoms. The van der Waals surface area contributed by atoms with E-state index in [2.05, 4.69) is 5.32 Å². The van der Waals surface area contributed by atoms with Crippen LogP contribution in [-0.2, 0) is 22.6 Å². The first-order valence-electron chi connectivity index (χ1n) is 6.81. The van der Waals surface area contributed by atoms with Gasteiger partial charge in [-0.1, -0.05) is 36.4 Å². The lowest BCUT2D eigenvalue weighted by Crippen LogP contribution is -2.14. The Kier molecular flexibility index (Phi) is 5.46. The number of rotatable bonds is 6. The van der Waals surface area contributed by atoms with Gasteiger partial charge in [0.05, 0.1) is 6.61 Å². The molecule has 0 aliphatic heterocycles. The number of hydrogen-bond donors (Lipinski definition) is 1. The van der Waals surface area contributed by atoms with Crippen molar-refractivity contribution in [2.24, 2.45) is 0 Å². The lowest BCUT2D eigenvalue weighted by atomic mass is 10.1. The van der Waals surface area contributed by atoms with Gasteiger partial charge in [-0.3, -0.25) is 4.79 Å². The van der Waals surface area contributed by atoms with E-state index < -0.39 is 0 Å². The molecule has 21 heavy (non-hydrogen) atoms. The van der Waals surface area contributed by atoms with Gasteiger partial charge >= 0.3 is 0 Å². The fraction of sp³-hybridized carbons (Fsp3) is 0.235. The quantitative estimate of drug-likeness (QED) is 0.882. The van der Waals surface area contributed by atoms with Crippen LogP contribution in [0.1, 0.15) is 17.5 Å². The molecule has 2 aromatic rings. The topological polar surface area (TPSA) is 38.3 Å². The molecule has 0 atom stereocenters. The minimum absolute atomic E-state index is 0.137. The molecule has 0 aliphatic rings. The first-order chi connectivity index (χ1) is 10.2. The van der Waals surface area contributed by atoms with Crippen LogP contribution < -0.4 is 5.32 Å². The minimum atomic E-state index is -0.273. The molecule has 2 rings (SSSR count). The van der Waals surface area contributed by atoms with Gasteiger partial charge in [0, 0.05) is 24.8 Å². The fourth-order valence-electron chi connectivity index (χ4n) is 2.09. The number of carbonyl (C=O) groups is 1. The normalized spacial score (nSPS) is 10.4. The van der Waals surface area contributed by atoms with Gasteiger partial charge in [-0.25, -0.2) is 4.39 Å². The molecule has 3 nitrogen and oxygen atoms in total. The van der Waals surface area contributed by atoms with Gasteiger partial charge in [0.2, 0.25) is 5.91 Å². The van der Waals surface area contributed by atoms with Crippen LogP contribution in [-0.4, -0.2) is 13.0 Å². The Morgan fingerprint density at radius 3 is 2.48 bits per heavy atom. The van der Waals surface area contributed by atoms with Crippen LogP contribution >= 0.6 is 0 Å². The summed E-state index contributed by atoms with van der Waals surface area (Å²) < 4.78 is 18.6. The summed E-state index contributed by atoms with van der Waals surface area (Å²) in [5.41, 5.74) is 2.20. The Bertz CT molecular complexity index is 613. The maximum absolute atomic E-state index is 13.5. The molecule has 4 heteroatoms. The van der Waals surface area contributed by atoms with Crippen LogP contribution in [0.25, 0.3) is 0 Å². The highest BCUT2D eigenvalue weighted by atomic mass is 19.1. The van der Waals surface area contributed by atoms with Crippen molar-refractivity contribution >= 4 is 11.6 Å². The molecule has 1 N–H and O–H groups in total. The van der Waals surface area contributed by atoms with E-state index in [0.717, 1.165) is 11.3 Å². The number of amides is 1. The van der Waals surface area contributed by atoms with Crippen LogP contribution in [0.15, 0.2) is 48.5 Å². The van der Waals surface area contributed by atoms with E-state index in [1.54, 1.807) is 25.3 Å². The Morgan fingerprint density at radius 2 is 1.76 bits per heavy atom. The number of hydrogen-bond acceptors (Lipinski definition) is 2. The molecule has 0 unspecified atom stereocenters. The number of anilines is 1. The van der Waals surface area contributed by atoms with E-state index in [0.29, 0.717) is 18.6 Å². The third-order valence-corrected chi connectivity index (χ3v) is 3.17. The monoisotopic (exact) mass is 287 g/mol. The maximum atomic E-state index is 13.5. The molecule has 0 saturated carbocycles. The molecule has 0 fully saturated rings. The van der Waals surface area contributed by atoms with Crippen molar-refractivity contribution in [1.29, 1.82) is 0 Å². The third-order valence-electron chi connectivity index (χ3n) is 3.17. The van der Waals surface area contributed by atoms with Crippen molar-refractivity contribution in [1.82, 2.24) is 0 Å². The summed E-state index contributed by atoms with van der Waals surface area (Å²) >= 11 is 0. The number of carbonyl (C=O) groups excluding carboxylic acids is 1. The minimum Gasteiger partial charge on any atom is -0.380 e. The van der Waals surface area contributed by atoms with E-state index in [4.69, 9.17) is 4.74 Å². The van der Waals surface area contributed by atoms with E-state index in [1.165, 1.54) is 6.07 Å². The molecule has 0 spiro atoms. The van der Waals surface area contributed by atoms with Crippen LogP contribution in [0.3, 0.4) is 0 Å². The van der Waals surface area contributed by atoms with Gasteiger partial charge < -0.3 is 10.1 Å². The van der Waals surface area contributed by atoms with Gasteiger partial charge in [0.1, 0.15) is 5.82 Å². The van der Waals surface area contributed by atoms with Gasteiger partial charge in [0.25, 0.3) is 0 Å². The summed E-state index contributed by atoms with van der Waals surface area (Å²) in [7, 11) is 1.61. The lowest BCUT2D eigenvalue weighted by Gasteiger charge is -2.10. The van der Waals surface area contributed by atoms with Gasteiger partial charge in [-0.05, 0) is 24.1 Å². The first-order valence-corrected chi connectivity index (χ1v) is 6.81. The van der Waals surface area contributed by atoms with Gasteiger partial charge in [-0.2, -0.15) is 0 Å². The zero-order chi connectivity index (χ0) is 15.1. The lowest BCUT2D eigenvalue weighted by molar-refractivity contribution is -0.116. The highest BCUT2D eigenvalue weighted by Crippen LogP contribution is 2.16. The van der Waals surface area contributed by atoms with Crippen LogP contribution in [0.5, 0.6) is 0 Å². The second-order valence-electron chi connectivity index (χ2n) is 4.73. The number of aryl methyl sites for hydroxylation is 1. The summed E-state index contributed by atoms with van der Waals surface area (Å²) in [5.74, 6) is -0.410. The fourth-order valence-corrected chi connectivity index (χ4v) is 2.09. The van der Waals surface area contributed by atoms with Crippen molar-refractivity contribution in [2.45, 2.75) is 19.4 Å². The van der Waals surface area contributed by atoms with E-state index in [-0.39, 0.29) is 18.1 Å². The molecule has 110 valence electrons. The number of methoxy groups -OCH3 is 1. The predicted octanol–water partition coefficient (Wildman–Crippen LogP) is 3.54. The number of para-hydroxylation sites is 1. The zero-order valence-electron chi connectivity index (χ0n) is 11.9. The molecule has 0 heterocycles. The predicted molar refractivity (Wildman–Crippen MR) is 80.5 cm³/mol. The van der Waals surface area contributed by atoms with Gasteiger partial charge in [-0.15, -0.1) is 0 Å².